The number of hydrogen-bond donors (Lipinski definition) is 1. The van der Waals surface area contributed by atoms with Crippen LogP contribution in [0.4, 0.5) is 0 Å². The number of likely N-dealkylation sites (tertiary alicyclic amines) is 1. The predicted molar refractivity (Wildman–Crippen MR) is 98.5 cm³/mol. The highest BCUT2D eigenvalue weighted by atomic mass is 35.5. The third kappa shape index (κ3) is 3.90. The zero-order valence-electron chi connectivity index (χ0n) is 15.2. The molecule has 0 radical (unpaired) electrons. The van der Waals surface area contributed by atoms with Gasteiger partial charge in [-0.1, -0.05) is 11.6 Å². The van der Waals surface area contributed by atoms with Crippen LogP contribution in [0.5, 0.6) is 5.88 Å². The zero-order valence-corrected chi connectivity index (χ0v) is 15.9. The summed E-state index contributed by atoms with van der Waals surface area (Å²) in [5.74, 6) is -0.793. The monoisotopic (exact) mass is 392 g/mol. The molecule has 9 heteroatoms. The number of carbonyl (C=O) groups excluding carboxylic acids is 1. The lowest BCUT2D eigenvalue weighted by atomic mass is 10.0. The molecular formula is C18H21ClN4O4. The number of aromatic nitrogens is 3. The molecule has 0 spiro atoms. The van der Waals surface area contributed by atoms with Crippen LogP contribution in [0.15, 0.2) is 18.5 Å². The van der Waals surface area contributed by atoms with E-state index < -0.39 is 5.97 Å². The number of nitrogens with zero attached hydrogens (tertiary/aromatic N) is 4. The molecule has 8 nitrogen and oxygen atoms in total. The summed E-state index contributed by atoms with van der Waals surface area (Å²) >= 11 is 6.12. The Labute approximate surface area is 161 Å². The van der Waals surface area contributed by atoms with E-state index in [0.717, 1.165) is 0 Å². The van der Waals surface area contributed by atoms with Gasteiger partial charge in [-0.3, -0.25) is 9.48 Å². The Morgan fingerprint density at radius 2 is 2.04 bits per heavy atom. The molecule has 144 valence electrons. The normalized spacial score (nSPS) is 15.0. The standard InChI is InChI=1S/C18H21ClN4O4/c1-3-27-16-15(19)8-12(9-20-16)17(24)22-6-4-13(5-7-22)23-11(2)14(10-21-23)18(25)26/h8-10,13H,3-7H2,1-2H3,(H,25,26). The van der Waals surface area contributed by atoms with Gasteiger partial charge in [0, 0.05) is 19.3 Å². The van der Waals surface area contributed by atoms with Crippen molar-refractivity contribution in [2.24, 2.45) is 0 Å². The zero-order chi connectivity index (χ0) is 19.6. The Morgan fingerprint density at radius 1 is 1.33 bits per heavy atom. The first kappa shape index (κ1) is 19.2. The van der Waals surface area contributed by atoms with Crippen LogP contribution in [0, 0.1) is 6.92 Å². The Balaban J connectivity index is 1.66. The van der Waals surface area contributed by atoms with Crippen molar-refractivity contribution < 1.29 is 19.4 Å². The molecule has 1 aliphatic rings. The minimum absolute atomic E-state index is 0.0733. The van der Waals surface area contributed by atoms with Gasteiger partial charge in [0.15, 0.2) is 0 Å². The Bertz CT molecular complexity index is 859. The van der Waals surface area contributed by atoms with Gasteiger partial charge in [-0.05, 0) is 32.8 Å². The number of halogens is 1. The van der Waals surface area contributed by atoms with Gasteiger partial charge in [0.2, 0.25) is 5.88 Å². The van der Waals surface area contributed by atoms with E-state index >= 15 is 0 Å². The second-order valence-corrected chi connectivity index (χ2v) is 6.77. The summed E-state index contributed by atoms with van der Waals surface area (Å²) in [7, 11) is 0. The van der Waals surface area contributed by atoms with E-state index in [1.54, 1.807) is 22.6 Å². The van der Waals surface area contributed by atoms with E-state index in [1.165, 1.54) is 12.4 Å². The van der Waals surface area contributed by atoms with E-state index in [2.05, 4.69) is 10.1 Å². The molecule has 27 heavy (non-hydrogen) atoms. The van der Waals surface area contributed by atoms with Gasteiger partial charge in [0.05, 0.1) is 30.1 Å². The quantitative estimate of drug-likeness (QED) is 0.840. The van der Waals surface area contributed by atoms with E-state index in [1.807, 2.05) is 6.92 Å². The number of piperidine rings is 1. The molecule has 3 rings (SSSR count). The maximum absolute atomic E-state index is 12.7. The third-order valence-corrected chi connectivity index (χ3v) is 4.98. The van der Waals surface area contributed by atoms with Crippen molar-refractivity contribution in [3.8, 4) is 5.88 Å². The van der Waals surface area contributed by atoms with Crippen molar-refractivity contribution in [3.05, 3.63) is 40.3 Å². The molecular weight excluding hydrogens is 372 g/mol. The lowest BCUT2D eigenvalue weighted by Crippen LogP contribution is -2.39. The number of carboxylic acids is 1. The van der Waals surface area contributed by atoms with Crippen LogP contribution in [0.1, 0.15) is 52.2 Å². The molecule has 1 fully saturated rings. The average molecular weight is 393 g/mol. The van der Waals surface area contributed by atoms with Crippen LogP contribution in [-0.2, 0) is 0 Å². The third-order valence-electron chi connectivity index (χ3n) is 4.71. The number of aromatic carboxylic acids is 1. The molecule has 1 aliphatic heterocycles. The molecule has 3 heterocycles. The lowest BCUT2D eigenvalue weighted by molar-refractivity contribution is 0.0687. The minimum Gasteiger partial charge on any atom is -0.478 e. The fourth-order valence-corrected chi connectivity index (χ4v) is 3.50. The summed E-state index contributed by atoms with van der Waals surface area (Å²) in [6.45, 7) is 5.14. The van der Waals surface area contributed by atoms with Gasteiger partial charge < -0.3 is 14.7 Å². The van der Waals surface area contributed by atoms with Crippen LogP contribution in [0.25, 0.3) is 0 Å². The lowest BCUT2D eigenvalue weighted by Gasteiger charge is -2.32. The summed E-state index contributed by atoms with van der Waals surface area (Å²) in [6, 6.07) is 1.65. The number of ether oxygens (including phenoxy) is 1. The molecule has 0 atom stereocenters. The summed E-state index contributed by atoms with van der Waals surface area (Å²) in [5, 5.41) is 13.7. The highest BCUT2D eigenvalue weighted by molar-refractivity contribution is 6.32. The largest absolute Gasteiger partial charge is 0.478 e. The van der Waals surface area contributed by atoms with Crippen molar-refractivity contribution in [1.82, 2.24) is 19.7 Å². The number of pyridine rings is 1. The molecule has 0 bridgehead atoms. The van der Waals surface area contributed by atoms with Crippen molar-refractivity contribution in [3.63, 3.8) is 0 Å². The molecule has 0 aliphatic carbocycles. The number of carboxylic acid groups (broad SMARTS) is 1. The van der Waals surface area contributed by atoms with Crippen LogP contribution >= 0.6 is 11.6 Å². The Morgan fingerprint density at radius 3 is 2.59 bits per heavy atom. The molecule has 0 saturated carbocycles. The topological polar surface area (TPSA) is 97.5 Å². The van der Waals surface area contributed by atoms with Crippen LogP contribution in [0.3, 0.4) is 0 Å². The fourth-order valence-electron chi connectivity index (χ4n) is 3.28. The molecule has 1 amide bonds. The number of carbonyl (C=O) groups is 2. The van der Waals surface area contributed by atoms with E-state index in [9.17, 15) is 9.59 Å². The van der Waals surface area contributed by atoms with Gasteiger partial charge in [-0.25, -0.2) is 9.78 Å². The summed E-state index contributed by atoms with van der Waals surface area (Å²) < 4.78 is 7.04. The van der Waals surface area contributed by atoms with Crippen molar-refractivity contribution in [1.29, 1.82) is 0 Å². The predicted octanol–water partition coefficient (Wildman–Crippen LogP) is 2.81. The molecule has 0 aromatic carbocycles. The van der Waals surface area contributed by atoms with Crippen LogP contribution < -0.4 is 4.74 Å². The molecule has 1 N–H and O–H groups in total. The maximum atomic E-state index is 12.7. The maximum Gasteiger partial charge on any atom is 0.339 e. The van der Waals surface area contributed by atoms with Gasteiger partial charge in [0.1, 0.15) is 10.6 Å². The first-order valence-corrected chi connectivity index (χ1v) is 9.15. The number of hydrogen-bond acceptors (Lipinski definition) is 5. The van der Waals surface area contributed by atoms with E-state index in [4.69, 9.17) is 21.4 Å². The minimum atomic E-state index is -0.980. The second-order valence-electron chi connectivity index (χ2n) is 6.36. The number of amides is 1. The van der Waals surface area contributed by atoms with Crippen molar-refractivity contribution in [2.75, 3.05) is 19.7 Å². The molecule has 2 aromatic rings. The molecule has 1 saturated heterocycles. The van der Waals surface area contributed by atoms with E-state index in [-0.39, 0.29) is 17.5 Å². The van der Waals surface area contributed by atoms with Gasteiger partial charge in [0.25, 0.3) is 5.91 Å². The van der Waals surface area contributed by atoms with E-state index in [0.29, 0.717) is 54.7 Å². The highest BCUT2D eigenvalue weighted by Crippen LogP contribution is 2.27. The Kier molecular flexibility index (Phi) is 5.65. The first-order chi connectivity index (χ1) is 12.9. The van der Waals surface area contributed by atoms with Crippen molar-refractivity contribution >= 4 is 23.5 Å². The van der Waals surface area contributed by atoms with Crippen LogP contribution in [-0.4, -0.2) is 56.3 Å². The fraction of sp³-hybridized carbons (Fsp3) is 0.444. The smallest absolute Gasteiger partial charge is 0.339 e. The SMILES string of the molecule is CCOc1ncc(C(=O)N2CCC(n3ncc(C(=O)O)c3C)CC2)cc1Cl. The van der Waals surface area contributed by atoms with Crippen LogP contribution in [0.2, 0.25) is 5.02 Å². The molecule has 0 unspecified atom stereocenters. The van der Waals surface area contributed by atoms with Gasteiger partial charge in [-0.2, -0.15) is 5.10 Å². The first-order valence-electron chi connectivity index (χ1n) is 8.77. The van der Waals surface area contributed by atoms with Crippen molar-refractivity contribution in [2.45, 2.75) is 32.7 Å². The van der Waals surface area contributed by atoms with Gasteiger partial charge in [-0.15, -0.1) is 0 Å². The molecule has 2 aromatic heterocycles. The second kappa shape index (κ2) is 7.96. The summed E-state index contributed by atoms with van der Waals surface area (Å²) in [6.07, 6.45) is 4.25. The number of rotatable bonds is 5. The average Bonchev–Trinajstić information content (AvgIpc) is 3.05. The summed E-state index contributed by atoms with van der Waals surface area (Å²) in [4.78, 5) is 29.7. The highest BCUT2D eigenvalue weighted by Gasteiger charge is 2.27. The van der Waals surface area contributed by atoms with Gasteiger partial charge >= 0.3 is 5.97 Å². The Hall–Kier alpha value is -2.61. The summed E-state index contributed by atoms with van der Waals surface area (Å²) in [5.41, 5.74) is 1.27.